The van der Waals surface area contributed by atoms with Crippen molar-refractivity contribution in [2.45, 2.75) is 6.42 Å². The number of fused-ring (bicyclic) bond motifs is 1. The van der Waals surface area contributed by atoms with Gasteiger partial charge in [0.2, 0.25) is 0 Å². The van der Waals surface area contributed by atoms with Gasteiger partial charge in [0.25, 0.3) is 0 Å². The van der Waals surface area contributed by atoms with Gasteiger partial charge in [-0.05, 0) is 24.6 Å². The zero-order chi connectivity index (χ0) is 16.2. The maximum Gasteiger partial charge on any atom is 0.129 e. The zero-order valence-corrected chi connectivity index (χ0v) is 12.8. The minimum Gasteiger partial charge on any atom is -0.496 e. The average Bonchev–Trinajstić information content (AvgIpc) is 3.08. The average molecular weight is 313 g/mol. The van der Waals surface area contributed by atoms with Crippen molar-refractivity contribution < 1.29 is 9.84 Å². The maximum absolute atomic E-state index is 8.93. The molecule has 7 nitrogen and oxygen atoms in total. The fourth-order valence-corrected chi connectivity index (χ4v) is 2.51. The summed E-state index contributed by atoms with van der Waals surface area (Å²) in [7, 11) is 1.63. The first-order valence-corrected chi connectivity index (χ1v) is 7.35. The molecular formula is C16H19N5O2. The van der Waals surface area contributed by atoms with Crippen molar-refractivity contribution in [3.8, 4) is 17.0 Å². The molecule has 0 aliphatic rings. The van der Waals surface area contributed by atoms with E-state index in [-0.39, 0.29) is 6.61 Å². The van der Waals surface area contributed by atoms with E-state index in [4.69, 9.17) is 15.6 Å². The smallest absolute Gasteiger partial charge is 0.129 e. The topological polar surface area (TPSA) is 109 Å². The number of hydrogen-bond donors (Lipinski definition) is 4. The Kier molecular flexibility index (Phi) is 4.29. The summed E-state index contributed by atoms with van der Waals surface area (Å²) in [6.07, 6.45) is 2.35. The third-order valence-corrected chi connectivity index (χ3v) is 3.59. The van der Waals surface area contributed by atoms with E-state index in [2.05, 4.69) is 20.5 Å². The van der Waals surface area contributed by atoms with Gasteiger partial charge in [0.1, 0.15) is 11.6 Å². The molecule has 0 spiro atoms. The van der Waals surface area contributed by atoms with Crippen LogP contribution in [0.4, 0.5) is 11.5 Å². The van der Waals surface area contributed by atoms with Gasteiger partial charge in [-0.15, -0.1) is 0 Å². The number of ether oxygens (including phenoxy) is 1. The van der Waals surface area contributed by atoms with E-state index in [1.165, 1.54) is 0 Å². The molecule has 23 heavy (non-hydrogen) atoms. The molecule has 0 fully saturated rings. The van der Waals surface area contributed by atoms with Crippen LogP contribution in [0, 0.1) is 0 Å². The van der Waals surface area contributed by atoms with Crippen molar-refractivity contribution >= 4 is 22.4 Å². The highest BCUT2D eigenvalue weighted by Crippen LogP contribution is 2.35. The van der Waals surface area contributed by atoms with Crippen molar-refractivity contribution in [2.75, 3.05) is 31.3 Å². The molecule has 3 aromatic rings. The molecule has 1 aromatic carbocycles. The number of nitrogens with two attached hydrogens (primary N) is 1. The number of methoxy groups -OCH3 is 1. The van der Waals surface area contributed by atoms with Gasteiger partial charge in [0, 0.05) is 42.1 Å². The Bertz CT molecular complexity index is 802. The zero-order valence-electron chi connectivity index (χ0n) is 12.8. The molecular weight excluding hydrogens is 294 g/mol. The van der Waals surface area contributed by atoms with Crippen LogP contribution in [0.3, 0.4) is 0 Å². The third-order valence-electron chi connectivity index (χ3n) is 3.59. The summed E-state index contributed by atoms with van der Waals surface area (Å²) in [6, 6.07) is 7.51. The summed E-state index contributed by atoms with van der Waals surface area (Å²) in [6.45, 7) is 0.790. The summed E-state index contributed by atoms with van der Waals surface area (Å²) in [5, 5.41) is 20.0. The lowest BCUT2D eigenvalue weighted by Crippen LogP contribution is -2.05. The van der Waals surface area contributed by atoms with Crippen LogP contribution in [-0.4, -0.2) is 40.5 Å². The number of nitrogen functional groups attached to an aromatic ring is 1. The molecule has 0 aliphatic heterocycles. The lowest BCUT2D eigenvalue weighted by Gasteiger charge is -2.13. The number of hydrogen-bond acceptors (Lipinski definition) is 6. The molecule has 0 saturated heterocycles. The largest absolute Gasteiger partial charge is 0.496 e. The van der Waals surface area contributed by atoms with Crippen LogP contribution in [0.25, 0.3) is 22.2 Å². The molecule has 0 amide bonds. The van der Waals surface area contributed by atoms with Crippen molar-refractivity contribution in [2.24, 2.45) is 0 Å². The molecule has 0 unspecified atom stereocenters. The van der Waals surface area contributed by atoms with E-state index in [1.807, 2.05) is 18.2 Å². The van der Waals surface area contributed by atoms with E-state index < -0.39 is 0 Å². The number of aliphatic hydroxyl groups is 1. The van der Waals surface area contributed by atoms with Gasteiger partial charge in [-0.2, -0.15) is 5.10 Å². The van der Waals surface area contributed by atoms with Crippen LogP contribution in [0.15, 0.2) is 30.5 Å². The van der Waals surface area contributed by atoms with Gasteiger partial charge in [0.15, 0.2) is 0 Å². The van der Waals surface area contributed by atoms with Gasteiger partial charge in [-0.3, -0.25) is 5.10 Å². The van der Waals surface area contributed by atoms with Crippen LogP contribution in [0.1, 0.15) is 6.42 Å². The number of anilines is 2. The number of pyridine rings is 1. The lowest BCUT2D eigenvalue weighted by molar-refractivity contribution is 0.292. The molecule has 0 atom stereocenters. The van der Waals surface area contributed by atoms with Crippen molar-refractivity contribution in [3.63, 3.8) is 0 Å². The van der Waals surface area contributed by atoms with Crippen molar-refractivity contribution in [1.82, 2.24) is 15.2 Å². The summed E-state index contributed by atoms with van der Waals surface area (Å²) < 4.78 is 5.51. The predicted molar refractivity (Wildman–Crippen MR) is 90.5 cm³/mol. The van der Waals surface area contributed by atoms with Gasteiger partial charge >= 0.3 is 0 Å². The third kappa shape index (κ3) is 3.04. The summed E-state index contributed by atoms with van der Waals surface area (Å²) in [4.78, 5) is 4.41. The van der Waals surface area contributed by atoms with Crippen molar-refractivity contribution in [3.05, 3.63) is 30.5 Å². The number of aromatic nitrogens is 3. The van der Waals surface area contributed by atoms with Crippen LogP contribution < -0.4 is 15.8 Å². The van der Waals surface area contributed by atoms with E-state index in [0.29, 0.717) is 18.8 Å². The quantitative estimate of drug-likeness (QED) is 0.518. The van der Waals surface area contributed by atoms with E-state index in [0.717, 1.165) is 33.6 Å². The second kappa shape index (κ2) is 6.53. The first kappa shape index (κ1) is 15.1. The molecule has 0 saturated carbocycles. The summed E-state index contributed by atoms with van der Waals surface area (Å²) in [5.41, 5.74) is 9.27. The van der Waals surface area contributed by atoms with Crippen LogP contribution in [0.5, 0.6) is 5.75 Å². The number of rotatable bonds is 6. The van der Waals surface area contributed by atoms with Gasteiger partial charge in [-0.25, -0.2) is 4.98 Å². The number of aromatic amines is 1. The molecule has 0 aliphatic carbocycles. The second-order valence-electron chi connectivity index (χ2n) is 5.14. The Balaban J connectivity index is 2.12. The SMILES string of the molecule is COc1cc2c(NCCCO)cc(N)nc2cc1-c1ccn[nH]1. The van der Waals surface area contributed by atoms with Crippen LogP contribution >= 0.6 is 0 Å². The highest BCUT2D eigenvalue weighted by atomic mass is 16.5. The molecule has 3 rings (SSSR count). The van der Waals surface area contributed by atoms with Gasteiger partial charge in [-0.1, -0.05) is 0 Å². The van der Waals surface area contributed by atoms with Crippen LogP contribution in [0.2, 0.25) is 0 Å². The second-order valence-corrected chi connectivity index (χ2v) is 5.14. The first-order chi connectivity index (χ1) is 11.2. The fraction of sp³-hybridized carbons (Fsp3) is 0.250. The number of nitrogens with one attached hydrogen (secondary N) is 2. The minimum atomic E-state index is 0.138. The molecule has 5 N–H and O–H groups in total. The van der Waals surface area contributed by atoms with Gasteiger partial charge < -0.3 is 20.9 Å². The molecule has 0 bridgehead atoms. The van der Waals surface area contributed by atoms with E-state index in [9.17, 15) is 0 Å². The molecule has 120 valence electrons. The lowest BCUT2D eigenvalue weighted by atomic mass is 10.1. The predicted octanol–water partition coefficient (Wildman–Crippen LogP) is 2.01. The molecule has 2 aromatic heterocycles. The van der Waals surface area contributed by atoms with Crippen LogP contribution in [-0.2, 0) is 0 Å². The van der Waals surface area contributed by atoms with E-state index in [1.54, 1.807) is 19.4 Å². The number of H-pyrrole nitrogens is 1. The number of benzene rings is 1. The Morgan fingerprint density at radius 2 is 2.22 bits per heavy atom. The monoisotopic (exact) mass is 313 g/mol. The number of aliphatic hydroxyl groups excluding tert-OH is 1. The normalized spacial score (nSPS) is 10.9. The Morgan fingerprint density at radius 1 is 1.35 bits per heavy atom. The Labute approximate surface area is 133 Å². The molecule has 7 heteroatoms. The fourth-order valence-electron chi connectivity index (χ4n) is 2.51. The Hall–Kier alpha value is -2.80. The van der Waals surface area contributed by atoms with Crippen molar-refractivity contribution in [1.29, 1.82) is 0 Å². The standard InChI is InChI=1S/C16H19N5O2/c1-23-15-8-10-13(18-4-2-6-22)9-16(17)20-14(10)7-11(15)12-3-5-19-21-12/h3,5,7-9,22H,2,4,6H2,1H3,(H,19,21)(H3,17,18,20). The first-order valence-electron chi connectivity index (χ1n) is 7.35. The summed E-state index contributed by atoms with van der Waals surface area (Å²) in [5.74, 6) is 1.16. The molecule has 2 heterocycles. The Morgan fingerprint density at radius 3 is 2.91 bits per heavy atom. The highest BCUT2D eigenvalue weighted by molar-refractivity contribution is 5.97. The number of nitrogens with zero attached hydrogens (tertiary/aromatic N) is 2. The van der Waals surface area contributed by atoms with Gasteiger partial charge in [0.05, 0.1) is 18.3 Å². The van der Waals surface area contributed by atoms with E-state index >= 15 is 0 Å². The highest BCUT2D eigenvalue weighted by Gasteiger charge is 2.13. The summed E-state index contributed by atoms with van der Waals surface area (Å²) >= 11 is 0. The molecule has 0 radical (unpaired) electrons. The maximum atomic E-state index is 8.93. The minimum absolute atomic E-state index is 0.138.